The lowest BCUT2D eigenvalue weighted by molar-refractivity contribution is 0.0724. The van der Waals surface area contributed by atoms with Crippen molar-refractivity contribution >= 4 is 48.8 Å². The monoisotopic (exact) mass is 551 g/mol. The van der Waals surface area contributed by atoms with Crippen LogP contribution in [0.3, 0.4) is 0 Å². The van der Waals surface area contributed by atoms with E-state index in [4.69, 9.17) is 4.42 Å². The summed E-state index contributed by atoms with van der Waals surface area (Å²) in [7, 11) is -7.27. The van der Waals surface area contributed by atoms with E-state index < -0.39 is 62.4 Å². The minimum absolute atomic E-state index is 0.184. The predicted molar refractivity (Wildman–Crippen MR) is 133 cm³/mol. The van der Waals surface area contributed by atoms with E-state index in [2.05, 4.69) is 4.98 Å². The topological polar surface area (TPSA) is 172 Å². The lowest BCUT2D eigenvalue weighted by Gasteiger charge is -2.25. The van der Waals surface area contributed by atoms with Crippen LogP contribution in [0.25, 0.3) is 11.1 Å². The normalized spacial score (nSPS) is 11.8. The fraction of sp³-hybridized carbons (Fsp3) is 0.304. The predicted octanol–water partition coefficient (Wildman–Crippen LogP) is 2.42. The van der Waals surface area contributed by atoms with Crippen molar-refractivity contribution in [3.63, 3.8) is 0 Å². The molecule has 14 heteroatoms. The Morgan fingerprint density at radius 1 is 0.892 bits per heavy atom. The van der Waals surface area contributed by atoms with E-state index in [1.807, 2.05) is 0 Å². The lowest BCUT2D eigenvalue weighted by atomic mass is 10.2. The molecular formula is C23H25N3O9S2. The number of rotatable bonds is 10. The first-order valence-corrected chi connectivity index (χ1v) is 14.9. The molecule has 3 rings (SSSR count). The molecule has 0 aliphatic carbocycles. The molecule has 0 atom stereocenters. The molecule has 4 amide bonds. The molecule has 0 aliphatic rings. The number of sulfone groups is 2. The van der Waals surface area contributed by atoms with Gasteiger partial charge in [-0.3, -0.25) is 9.69 Å². The Labute approximate surface area is 213 Å². The number of para-hydroxylation sites is 2. The summed E-state index contributed by atoms with van der Waals surface area (Å²) in [5.41, 5.74) is 1.05. The van der Waals surface area contributed by atoms with Crippen LogP contribution in [0.15, 0.2) is 59.0 Å². The van der Waals surface area contributed by atoms with Gasteiger partial charge in [-0.25, -0.2) is 36.3 Å². The molecule has 1 aromatic heterocycles. The number of imide groups is 2. The highest BCUT2D eigenvalue weighted by molar-refractivity contribution is 7.90. The maximum absolute atomic E-state index is 13.2. The molecule has 198 valence electrons. The summed E-state index contributed by atoms with van der Waals surface area (Å²) in [5, 5.41) is 9.64. The third-order valence-corrected chi connectivity index (χ3v) is 7.77. The molecule has 0 bridgehead atoms. The molecule has 37 heavy (non-hydrogen) atoms. The highest BCUT2D eigenvalue weighted by Gasteiger charge is 2.34. The third kappa shape index (κ3) is 7.85. The first-order chi connectivity index (χ1) is 17.4. The zero-order valence-electron chi connectivity index (χ0n) is 19.8. The summed E-state index contributed by atoms with van der Waals surface area (Å²) in [6, 6.07) is 13.3. The number of hydrogen-bond donors (Lipinski definition) is 1. The second-order valence-electron chi connectivity index (χ2n) is 8.22. The van der Waals surface area contributed by atoms with Crippen LogP contribution in [0.5, 0.6) is 0 Å². The van der Waals surface area contributed by atoms with Crippen molar-refractivity contribution in [2.75, 3.05) is 30.9 Å². The highest BCUT2D eigenvalue weighted by Crippen LogP contribution is 2.17. The summed E-state index contributed by atoms with van der Waals surface area (Å²) in [6.45, 7) is -1.21. The zero-order chi connectivity index (χ0) is 27.2. The minimum atomic E-state index is -3.82. The Morgan fingerprint density at radius 2 is 1.54 bits per heavy atom. The van der Waals surface area contributed by atoms with Crippen molar-refractivity contribution < 1.29 is 40.7 Å². The lowest BCUT2D eigenvalue weighted by Crippen LogP contribution is -2.50. The van der Waals surface area contributed by atoms with Gasteiger partial charge >= 0.3 is 18.0 Å². The highest BCUT2D eigenvalue weighted by atomic mass is 32.2. The second-order valence-corrected chi connectivity index (χ2v) is 12.7. The molecule has 12 nitrogen and oxygen atoms in total. The quantitative estimate of drug-likeness (QED) is 0.394. The van der Waals surface area contributed by atoms with Gasteiger partial charge in [-0.15, -0.1) is 0 Å². The van der Waals surface area contributed by atoms with Crippen LogP contribution < -0.4 is 0 Å². The number of hydrogen-bond acceptors (Lipinski definition) is 9. The van der Waals surface area contributed by atoms with E-state index in [1.54, 1.807) is 48.5 Å². The van der Waals surface area contributed by atoms with Gasteiger partial charge in [0.05, 0.1) is 17.3 Å². The first kappa shape index (κ1) is 27.8. The molecule has 0 aliphatic heterocycles. The largest absolute Gasteiger partial charge is 0.465 e. The SMILES string of the molecule is CS(=O)(=O)CCCN(C(=O)c1nc2ccccc2o1)C(=O)N(CCS(=O)(=O)Cc1ccccc1)C(=O)O. The zero-order valence-corrected chi connectivity index (χ0v) is 21.4. The Kier molecular flexibility index (Phi) is 8.65. The smallest absolute Gasteiger partial charge is 0.415 e. The molecule has 0 saturated carbocycles. The summed E-state index contributed by atoms with van der Waals surface area (Å²) in [5.74, 6) is -3.02. The number of carbonyl (C=O) groups excluding carboxylic acids is 2. The molecule has 1 heterocycles. The average Bonchev–Trinajstić information content (AvgIpc) is 3.25. The van der Waals surface area contributed by atoms with E-state index in [9.17, 15) is 36.3 Å². The van der Waals surface area contributed by atoms with Gasteiger partial charge in [0.15, 0.2) is 15.4 Å². The molecule has 0 fully saturated rings. The average molecular weight is 552 g/mol. The molecule has 3 aromatic rings. The Hall–Kier alpha value is -3.78. The Morgan fingerprint density at radius 3 is 2.16 bits per heavy atom. The van der Waals surface area contributed by atoms with Crippen LogP contribution in [0.2, 0.25) is 0 Å². The van der Waals surface area contributed by atoms with Gasteiger partial charge < -0.3 is 9.52 Å². The van der Waals surface area contributed by atoms with Gasteiger partial charge in [0, 0.05) is 19.3 Å². The van der Waals surface area contributed by atoms with Crippen LogP contribution in [-0.4, -0.2) is 85.6 Å². The number of nitrogens with zero attached hydrogens (tertiary/aromatic N) is 3. The maximum Gasteiger partial charge on any atom is 0.415 e. The molecule has 2 aromatic carbocycles. The molecule has 0 unspecified atom stereocenters. The van der Waals surface area contributed by atoms with Gasteiger partial charge in [0.25, 0.3) is 5.89 Å². The summed E-state index contributed by atoms with van der Waals surface area (Å²) >= 11 is 0. The maximum atomic E-state index is 13.2. The molecular weight excluding hydrogens is 526 g/mol. The van der Waals surface area contributed by atoms with Crippen LogP contribution in [0.4, 0.5) is 9.59 Å². The summed E-state index contributed by atoms with van der Waals surface area (Å²) < 4.78 is 53.6. The van der Waals surface area contributed by atoms with Gasteiger partial charge in [-0.1, -0.05) is 42.5 Å². The van der Waals surface area contributed by atoms with Crippen LogP contribution in [-0.2, 0) is 25.4 Å². The number of urea groups is 1. The van der Waals surface area contributed by atoms with Crippen molar-refractivity contribution in [3.8, 4) is 0 Å². The number of amides is 4. The third-order valence-electron chi connectivity index (χ3n) is 5.17. The van der Waals surface area contributed by atoms with E-state index in [1.165, 1.54) is 6.07 Å². The van der Waals surface area contributed by atoms with Gasteiger partial charge in [0.2, 0.25) is 0 Å². The standard InChI is InChI=1S/C23H25N3O9S2/c1-36(31,32)14-7-12-25(21(27)20-24-18-10-5-6-11-19(18)35-20)22(28)26(23(29)30)13-15-37(33,34)16-17-8-3-2-4-9-17/h2-6,8-11H,7,12-16H2,1H3,(H,29,30). The van der Waals surface area contributed by atoms with E-state index in [-0.39, 0.29) is 28.4 Å². The number of carboxylic acid groups (broad SMARTS) is 1. The molecule has 0 spiro atoms. The fourth-order valence-electron chi connectivity index (χ4n) is 3.40. The van der Waals surface area contributed by atoms with E-state index in [0.29, 0.717) is 16.0 Å². The molecule has 0 saturated heterocycles. The number of benzene rings is 2. The molecule has 0 radical (unpaired) electrons. The van der Waals surface area contributed by atoms with E-state index in [0.717, 1.165) is 6.26 Å². The fourth-order valence-corrected chi connectivity index (χ4v) is 5.36. The van der Waals surface area contributed by atoms with Crippen molar-refractivity contribution in [2.24, 2.45) is 0 Å². The van der Waals surface area contributed by atoms with Crippen LogP contribution in [0, 0.1) is 0 Å². The van der Waals surface area contributed by atoms with Crippen molar-refractivity contribution in [1.29, 1.82) is 0 Å². The van der Waals surface area contributed by atoms with Crippen molar-refractivity contribution in [2.45, 2.75) is 12.2 Å². The first-order valence-electron chi connectivity index (χ1n) is 11.0. The van der Waals surface area contributed by atoms with Crippen molar-refractivity contribution in [3.05, 3.63) is 66.1 Å². The number of aromatic nitrogens is 1. The molecule has 1 N–H and O–H groups in total. The van der Waals surface area contributed by atoms with Crippen LogP contribution >= 0.6 is 0 Å². The summed E-state index contributed by atoms with van der Waals surface area (Å²) in [4.78, 5) is 42.9. The number of fused-ring (bicyclic) bond motifs is 1. The number of carbonyl (C=O) groups is 3. The number of oxazole rings is 1. The van der Waals surface area contributed by atoms with E-state index >= 15 is 0 Å². The summed E-state index contributed by atoms with van der Waals surface area (Å²) in [6.07, 6.45) is -0.988. The Bertz CT molecular complexity index is 1470. The van der Waals surface area contributed by atoms with Crippen molar-refractivity contribution in [1.82, 2.24) is 14.8 Å². The van der Waals surface area contributed by atoms with Gasteiger partial charge in [-0.05, 0) is 24.1 Å². The van der Waals surface area contributed by atoms with Gasteiger partial charge in [-0.2, -0.15) is 0 Å². The van der Waals surface area contributed by atoms with Gasteiger partial charge in [0.1, 0.15) is 15.4 Å². The van der Waals surface area contributed by atoms with Crippen LogP contribution in [0.1, 0.15) is 22.7 Å². The second kappa shape index (κ2) is 11.5. The Balaban J connectivity index is 1.83. The minimum Gasteiger partial charge on any atom is -0.465 e.